The van der Waals surface area contributed by atoms with Crippen LogP contribution in [-0.2, 0) is 16.4 Å². The number of Topliss-reactive ketones (excluding diaryl/α,β-unsaturated/α-hetero) is 1. The van der Waals surface area contributed by atoms with Crippen LogP contribution in [0.3, 0.4) is 0 Å². The molecule has 0 unspecified atom stereocenters. The number of rotatable bonds is 7. The van der Waals surface area contributed by atoms with E-state index in [2.05, 4.69) is 0 Å². The second-order valence-corrected chi connectivity index (χ2v) is 10.2. The van der Waals surface area contributed by atoms with Crippen LogP contribution in [0.2, 0.25) is 0 Å². The highest BCUT2D eigenvalue weighted by Crippen LogP contribution is 2.24. The molecule has 0 aliphatic carbocycles. The highest BCUT2D eigenvalue weighted by molar-refractivity contribution is 7.92. The lowest BCUT2D eigenvalue weighted by molar-refractivity contribution is 0.101. The van der Waals surface area contributed by atoms with Crippen LogP contribution in [0, 0.1) is 12.7 Å². The Morgan fingerprint density at radius 2 is 1.66 bits per heavy atom. The topological polar surface area (TPSA) is 93.4 Å². The fourth-order valence-corrected chi connectivity index (χ4v) is 5.10. The summed E-state index contributed by atoms with van der Waals surface area (Å²) in [4.78, 5) is 25.1. The highest BCUT2D eigenvalue weighted by atomic mass is 32.2. The first-order valence-corrected chi connectivity index (χ1v) is 12.4. The van der Waals surface area contributed by atoms with E-state index in [1.165, 1.54) is 23.9 Å². The van der Waals surface area contributed by atoms with Crippen LogP contribution in [0.5, 0.6) is 5.75 Å². The van der Waals surface area contributed by atoms with Gasteiger partial charge in [-0.25, -0.2) is 12.8 Å². The fourth-order valence-electron chi connectivity index (χ4n) is 3.80. The van der Waals surface area contributed by atoms with Crippen LogP contribution in [0.4, 0.5) is 4.39 Å². The number of aromatic hydroxyl groups is 1. The molecular weight excluding hydrogens is 469 g/mol. The van der Waals surface area contributed by atoms with E-state index in [4.69, 9.17) is 0 Å². The number of sulfone groups is 1. The first kappa shape index (κ1) is 24.1. The molecule has 4 rings (SSSR count). The minimum atomic E-state index is -4.14. The van der Waals surface area contributed by atoms with Gasteiger partial charge >= 0.3 is 0 Å². The third-order valence-corrected chi connectivity index (χ3v) is 7.24. The fraction of sp³-hybridized carbons (Fsp3) is 0.111. The van der Waals surface area contributed by atoms with Crippen LogP contribution in [0.1, 0.15) is 21.5 Å². The normalized spacial score (nSPS) is 11.4. The summed E-state index contributed by atoms with van der Waals surface area (Å²) in [6, 6.07) is 20.5. The molecule has 0 saturated heterocycles. The van der Waals surface area contributed by atoms with Gasteiger partial charge in [0.1, 0.15) is 11.6 Å². The summed E-state index contributed by atoms with van der Waals surface area (Å²) >= 11 is 0. The molecule has 6 nitrogen and oxygen atoms in total. The molecule has 178 valence electrons. The highest BCUT2D eigenvalue weighted by Gasteiger charge is 2.24. The first-order valence-electron chi connectivity index (χ1n) is 10.7. The Bertz CT molecular complexity index is 1580. The number of hydrogen-bond donors (Lipinski definition) is 1. The smallest absolute Gasteiger partial charge is 0.233 e. The van der Waals surface area contributed by atoms with Crippen LogP contribution in [0.15, 0.2) is 94.9 Å². The average Bonchev–Trinajstić information content (AvgIpc) is 2.83. The zero-order chi connectivity index (χ0) is 25.2. The van der Waals surface area contributed by atoms with Crippen LogP contribution in [-0.4, -0.2) is 29.6 Å². The number of benzene rings is 3. The number of pyridine rings is 1. The monoisotopic (exact) mass is 491 g/mol. The number of ketones is 1. The predicted octanol–water partition coefficient (Wildman–Crippen LogP) is 4.37. The van der Waals surface area contributed by atoms with Crippen LogP contribution >= 0.6 is 0 Å². The Kier molecular flexibility index (Phi) is 6.66. The number of carbonyl (C=O) groups excluding carboxylic acids is 1. The summed E-state index contributed by atoms with van der Waals surface area (Å²) in [5, 5.41) is 10.2. The lowest BCUT2D eigenvalue weighted by Crippen LogP contribution is -2.24. The van der Waals surface area contributed by atoms with E-state index >= 15 is 0 Å². The summed E-state index contributed by atoms with van der Waals surface area (Å²) in [6.45, 7) is 1.64. The number of hydrogen-bond acceptors (Lipinski definition) is 5. The molecule has 35 heavy (non-hydrogen) atoms. The van der Waals surface area contributed by atoms with Crippen molar-refractivity contribution >= 4 is 15.6 Å². The first-order chi connectivity index (χ1) is 16.7. The van der Waals surface area contributed by atoms with Crippen molar-refractivity contribution in [3.63, 3.8) is 0 Å². The quantitative estimate of drug-likeness (QED) is 0.306. The van der Waals surface area contributed by atoms with Gasteiger partial charge < -0.3 is 9.67 Å². The summed E-state index contributed by atoms with van der Waals surface area (Å²) in [5.41, 5.74) is 1.52. The van der Waals surface area contributed by atoms with Crippen molar-refractivity contribution in [2.75, 3.05) is 5.75 Å². The molecule has 3 aromatic carbocycles. The molecule has 0 spiro atoms. The number of aryl methyl sites for hydroxylation is 1. The molecule has 0 atom stereocenters. The molecule has 1 heterocycles. The van der Waals surface area contributed by atoms with Gasteiger partial charge in [-0.1, -0.05) is 54.6 Å². The van der Waals surface area contributed by atoms with Crippen molar-refractivity contribution in [2.45, 2.75) is 18.4 Å². The van der Waals surface area contributed by atoms with E-state index in [-0.39, 0.29) is 17.0 Å². The van der Waals surface area contributed by atoms with Gasteiger partial charge in [-0.05, 0) is 47.4 Å². The zero-order valence-electron chi connectivity index (χ0n) is 18.8. The van der Waals surface area contributed by atoms with Gasteiger partial charge in [-0.15, -0.1) is 0 Å². The zero-order valence-corrected chi connectivity index (χ0v) is 19.6. The number of nitrogens with zero attached hydrogens (tertiary/aromatic N) is 1. The molecule has 1 N–H and O–H groups in total. The Hall–Kier alpha value is -4.04. The number of halogens is 1. The van der Waals surface area contributed by atoms with Crippen molar-refractivity contribution in [1.82, 2.24) is 4.57 Å². The van der Waals surface area contributed by atoms with E-state index in [9.17, 15) is 27.5 Å². The molecule has 1 aromatic heterocycles. The molecule has 4 aromatic rings. The van der Waals surface area contributed by atoms with Crippen LogP contribution in [0.25, 0.3) is 11.1 Å². The van der Waals surface area contributed by atoms with Gasteiger partial charge in [0.2, 0.25) is 5.43 Å². The average molecular weight is 492 g/mol. The van der Waals surface area contributed by atoms with Gasteiger partial charge in [0, 0.05) is 12.7 Å². The molecule has 0 bridgehead atoms. The Balaban J connectivity index is 1.66. The Morgan fingerprint density at radius 1 is 0.971 bits per heavy atom. The summed E-state index contributed by atoms with van der Waals surface area (Å²) < 4.78 is 40.5. The summed E-state index contributed by atoms with van der Waals surface area (Å²) in [6.07, 6.45) is 2.45. The second kappa shape index (κ2) is 9.68. The van der Waals surface area contributed by atoms with E-state index in [1.807, 2.05) is 54.6 Å². The largest absolute Gasteiger partial charge is 0.503 e. The van der Waals surface area contributed by atoms with Crippen molar-refractivity contribution < 1.29 is 22.7 Å². The van der Waals surface area contributed by atoms with Gasteiger partial charge in [0.15, 0.2) is 21.4 Å². The minimum absolute atomic E-state index is 0.121. The van der Waals surface area contributed by atoms with E-state index < -0.39 is 43.9 Å². The third-order valence-electron chi connectivity index (χ3n) is 5.63. The van der Waals surface area contributed by atoms with Gasteiger partial charge in [-0.3, -0.25) is 9.59 Å². The lowest BCUT2D eigenvalue weighted by Gasteiger charge is -2.14. The van der Waals surface area contributed by atoms with Crippen molar-refractivity contribution in [1.29, 1.82) is 0 Å². The van der Waals surface area contributed by atoms with Gasteiger partial charge in [0.25, 0.3) is 0 Å². The molecule has 0 aliphatic heterocycles. The van der Waals surface area contributed by atoms with Gasteiger partial charge in [-0.2, -0.15) is 0 Å². The lowest BCUT2D eigenvalue weighted by atomic mass is 9.99. The van der Waals surface area contributed by atoms with E-state index in [0.717, 1.165) is 34.9 Å². The maximum absolute atomic E-state index is 13.5. The summed E-state index contributed by atoms with van der Waals surface area (Å²) in [7, 11) is -4.14. The third kappa shape index (κ3) is 5.22. The SMILES string of the molecule is Cc1cc(S(=O)(=O)CC(=O)c2cn(Cc3ccccc3-c3ccccc3)cc(O)c2=O)ccc1F. The summed E-state index contributed by atoms with van der Waals surface area (Å²) in [5.74, 6) is -3.18. The molecule has 8 heteroatoms. The van der Waals surface area contributed by atoms with Crippen molar-refractivity contribution in [3.05, 3.63) is 118 Å². The van der Waals surface area contributed by atoms with E-state index in [0.29, 0.717) is 0 Å². The van der Waals surface area contributed by atoms with Crippen LogP contribution < -0.4 is 5.43 Å². The molecule has 0 radical (unpaired) electrons. The number of aromatic nitrogens is 1. The molecular formula is C27H22FNO5S. The van der Waals surface area contributed by atoms with Crippen molar-refractivity contribution in [3.8, 4) is 16.9 Å². The standard InChI is InChI=1S/C27H22FNO5S/c1-18-13-21(11-12-24(18)28)35(33,34)17-26(31)23-15-29(16-25(30)27(23)32)14-20-9-5-6-10-22(20)19-7-3-2-4-8-19/h2-13,15-16,30H,14,17H2,1H3. The minimum Gasteiger partial charge on any atom is -0.503 e. The second-order valence-electron chi connectivity index (χ2n) is 8.17. The maximum atomic E-state index is 13.5. The molecule has 0 aliphatic rings. The molecule has 0 saturated carbocycles. The predicted molar refractivity (Wildman–Crippen MR) is 131 cm³/mol. The van der Waals surface area contributed by atoms with E-state index in [1.54, 1.807) is 0 Å². The Labute approximate surface area is 201 Å². The number of carbonyl (C=O) groups is 1. The van der Waals surface area contributed by atoms with Gasteiger partial charge in [0.05, 0.1) is 16.7 Å². The Morgan fingerprint density at radius 3 is 2.37 bits per heavy atom. The molecule has 0 fully saturated rings. The molecule has 0 amide bonds. The van der Waals surface area contributed by atoms with Crippen molar-refractivity contribution in [2.24, 2.45) is 0 Å². The maximum Gasteiger partial charge on any atom is 0.233 e.